The summed E-state index contributed by atoms with van der Waals surface area (Å²) in [6.07, 6.45) is 6.68. The molecule has 0 bridgehead atoms. The van der Waals surface area contributed by atoms with Gasteiger partial charge in [0, 0.05) is 13.0 Å². The monoisotopic (exact) mass is 267 g/mol. The summed E-state index contributed by atoms with van der Waals surface area (Å²) in [7, 11) is 0. The van der Waals surface area contributed by atoms with Crippen LogP contribution >= 0.6 is 0 Å². The molecule has 0 saturated heterocycles. The minimum atomic E-state index is -0.810. The molecule has 0 aromatic heterocycles. The lowest BCUT2D eigenvalue weighted by Crippen LogP contribution is -2.38. The van der Waals surface area contributed by atoms with E-state index < -0.39 is 11.4 Å². The quantitative estimate of drug-likeness (QED) is 0.752. The summed E-state index contributed by atoms with van der Waals surface area (Å²) in [4.78, 5) is 23.6. The first-order chi connectivity index (χ1) is 9.03. The SMILES string of the molecule is CC1CC1CNC(=O)CC1(C(=O)O)CCCCCC1. The van der Waals surface area contributed by atoms with Gasteiger partial charge in [-0.2, -0.15) is 0 Å². The summed E-state index contributed by atoms with van der Waals surface area (Å²) in [5, 5.41) is 12.4. The maximum atomic E-state index is 12.0. The Morgan fingerprint density at radius 3 is 2.26 bits per heavy atom. The number of carboxylic acid groups (broad SMARTS) is 1. The average Bonchev–Trinajstić information content (AvgIpc) is 3.10. The highest BCUT2D eigenvalue weighted by Gasteiger charge is 2.41. The lowest BCUT2D eigenvalue weighted by Gasteiger charge is -2.27. The zero-order valence-corrected chi connectivity index (χ0v) is 11.8. The van der Waals surface area contributed by atoms with Gasteiger partial charge in [-0.1, -0.05) is 32.6 Å². The third-order valence-electron chi connectivity index (χ3n) is 4.85. The molecule has 2 unspecified atom stereocenters. The van der Waals surface area contributed by atoms with Gasteiger partial charge in [0.15, 0.2) is 0 Å². The van der Waals surface area contributed by atoms with Gasteiger partial charge in [0.05, 0.1) is 5.41 Å². The van der Waals surface area contributed by atoms with Crippen LogP contribution in [0.15, 0.2) is 0 Å². The molecule has 108 valence electrons. The summed E-state index contributed by atoms with van der Waals surface area (Å²) in [6, 6.07) is 0. The van der Waals surface area contributed by atoms with Crippen molar-refractivity contribution in [2.24, 2.45) is 17.3 Å². The van der Waals surface area contributed by atoms with Crippen molar-refractivity contribution in [3.8, 4) is 0 Å². The van der Waals surface area contributed by atoms with E-state index in [4.69, 9.17) is 0 Å². The Hall–Kier alpha value is -1.06. The molecule has 0 aliphatic heterocycles. The molecule has 2 N–H and O–H groups in total. The summed E-state index contributed by atoms with van der Waals surface area (Å²) in [5.74, 6) is 0.457. The first-order valence-electron chi connectivity index (χ1n) is 7.54. The van der Waals surface area contributed by atoms with Crippen molar-refractivity contribution in [2.75, 3.05) is 6.54 Å². The molecule has 2 fully saturated rings. The van der Waals surface area contributed by atoms with Crippen molar-refractivity contribution in [2.45, 2.75) is 58.3 Å². The number of hydrogen-bond donors (Lipinski definition) is 2. The molecule has 0 aromatic rings. The summed E-state index contributed by atoms with van der Waals surface area (Å²) in [6.45, 7) is 2.90. The maximum Gasteiger partial charge on any atom is 0.310 e. The van der Waals surface area contributed by atoms with Gasteiger partial charge in [-0.25, -0.2) is 0 Å². The van der Waals surface area contributed by atoms with E-state index in [9.17, 15) is 14.7 Å². The topological polar surface area (TPSA) is 66.4 Å². The van der Waals surface area contributed by atoms with Gasteiger partial charge in [-0.3, -0.25) is 9.59 Å². The maximum absolute atomic E-state index is 12.0. The van der Waals surface area contributed by atoms with Crippen LogP contribution in [0.5, 0.6) is 0 Å². The van der Waals surface area contributed by atoms with Crippen LogP contribution in [0.25, 0.3) is 0 Å². The van der Waals surface area contributed by atoms with E-state index in [0.29, 0.717) is 24.7 Å². The van der Waals surface area contributed by atoms with E-state index in [-0.39, 0.29) is 12.3 Å². The minimum absolute atomic E-state index is 0.0802. The predicted octanol–water partition coefficient (Wildman–Crippen LogP) is 2.57. The number of rotatable bonds is 5. The van der Waals surface area contributed by atoms with Crippen molar-refractivity contribution in [3.05, 3.63) is 0 Å². The summed E-state index contributed by atoms with van der Waals surface area (Å²) >= 11 is 0. The number of amides is 1. The molecule has 1 amide bonds. The van der Waals surface area contributed by atoms with Crippen LogP contribution in [-0.4, -0.2) is 23.5 Å². The van der Waals surface area contributed by atoms with Crippen LogP contribution in [0.4, 0.5) is 0 Å². The fourth-order valence-corrected chi connectivity index (χ4v) is 3.17. The fraction of sp³-hybridized carbons (Fsp3) is 0.867. The second-order valence-corrected chi connectivity index (χ2v) is 6.45. The van der Waals surface area contributed by atoms with Crippen LogP contribution in [0.2, 0.25) is 0 Å². The second-order valence-electron chi connectivity index (χ2n) is 6.45. The van der Waals surface area contributed by atoms with Crippen molar-refractivity contribution >= 4 is 11.9 Å². The molecular formula is C15H25NO3. The predicted molar refractivity (Wildman–Crippen MR) is 72.7 cm³/mol. The number of nitrogens with one attached hydrogen (secondary N) is 1. The Labute approximate surface area is 115 Å². The van der Waals surface area contributed by atoms with Crippen LogP contribution < -0.4 is 5.32 Å². The van der Waals surface area contributed by atoms with Crippen LogP contribution in [0.1, 0.15) is 58.3 Å². The molecule has 0 heterocycles. The molecule has 2 aliphatic rings. The van der Waals surface area contributed by atoms with E-state index in [1.165, 1.54) is 6.42 Å². The Morgan fingerprint density at radius 2 is 1.79 bits per heavy atom. The standard InChI is InChI=1S/C15H25NO3/c1-11-8-12(11)10-16-13(17)9-15(14(18)19)6-4-2-3-5-7-15/h11-12H,2-10H2,1H3,(H,16,17)(H,18,19). The highest BCUT2D eigenvalue weighted by atomic mass is 16.4. The smallest absolute Gasteiger partial charge is 0.310 e. The van der Waals surface area contributed by atoms with Crippen molar-refractivity contribution in [1.29, 1.82) is 0 Å². The molecule has 2 atom stereocenters. The molecule has 2 aliphatic carbocycles. The Balaban J connectivity index is 1.87. The van der Waals surface area contributed by atoms with Gasteiger partial charge in [0.25, 0.3) is 0 Å². The Morgan fingerprint density at radius 1 is 1.21 bits per heavy atom. The van der Waals surface area contributed by atoms with E-state index in [0.717, 1.165) is 32.2 Å². The highest BCUT2D eigenvalue weighted by molar-refractivity contribution is 5.85. The first-order valence-corrected chi connectivity index (χ1v) is 7.54. The third-order valence-corrected chi connectivity index (χ3v) is 4.85. The molecule has 0 spiro atoms. The molecule has 19 heavy (non-hydrogen) atoms. The normalized spacial score (nSPS) is 29.3. The first kappa shape index (κ1) is 14.4. The number of hydrogen-bond acceptors (Lipinski definition) is 2. The average molecular weight is 267 g/mol. The van der Waals surface area contributed by atoms with Gasteiger partial charge in [-0.15, -0.1) is 0 Å². The minimum Gasteiger partial charge on any atom is -0.481 e. The lowest BCUT2D eigenvalue weighted by atomic mass is 9.77. The molecule has 4 nitrogen and oxygen atoms in total. The summed E-state index contributed by atoms with van der Waals surface area (Å²) in [5.41, 5.74) is -0.810. The van der Waals surface area contributed by atoms with Crippen LogP contribution in [0.3, 0.4) is 0 Å². The van der Waals surface area contributed by atoms with Crippen LogP contribution in [-0.2, 0) is 9.59 Å². The molecule has 4 heteroatoms. The molecular weight excluding hydrogens is 242 g/mol. The Kier molecular flexibility index (Phi) is 4.48. The van der Waals surface area contributed by atoms with Gasteiger partial charge in [-0.05, 0) is 31.1 Å². The van der Waals surface area contributed by atoms with E-state index in [1.807, 2.05) is 0 Å². The van der Waals surface area contributed by atoms with Crippen molar-refractivity contribution in [1.82, 2.24) is 5.32 Å². The molecule has 2 saturated carbocycles. The summed E-state index contributed by atoms with van der Waals surface area (Å²) < 4.78 is 0. The highest BCUT2D eigenvalue weighted by Crippen LogP contribution is 2.39. The number of aliphatic carboxylic acids is 1. The van der Waals surface area contributed by atoms with Gasteiger partial charge in [0.2, 0.25) is 5.91 Å². The van der Waals surface area contributed by atoms with E-state index in [1.54, 1.807) is 0 Å². The molecule has 0 radical (unpaired) electrons. The van der Waals surface area contributed by atoms with Crippen LogP contribution in [0, 0.1) is 17.3 Å². The van der Waals surface area contributed by atoms with Gasteiger partial charge < -0.3 is 10.4 Å². The number of carbonyl (C=O) groups is 2. The molecule has 2 rings (SSSR count). The Bertz CT molecular complexity index is 345. The van der Waals surface area contributed by atoms with Crippen molar-refractivity contribution < 1.29 is 14.7 Å². The zero-order valence-electron chi connectivity index (χ0n) is 11.8. The largest absolute Gasteiger partial charge is 0.481 e. The van der Waals surface area contributed by atoms with E-state index in [2.05, 4.69) is 12.2 Å². The lowest BCUT2D eigenvalue weighted by molar-refractivity contribution is -0.152. The van der Waals surface area contributed by atoms with E-state index >= 15 is 0 Å². The van der Waals surface area contributed by atoms with Gasteiger partial charge >= 0.3 is 5.97 Å². The second kappa shape index (κ2) is 5.93. The van der Waals surface area contributed by atoms with Gasteiger partial charge in [0.1, 0.15) is 0 Å². The zero-order chi connectivity index (χ0) is 13.9. The van der Waals surface area contributed by atoms with Crippen molar-refractivity contribution in [3.63, 3.8) is 0 Å². The molecule has 0 aromatic carbocycles. The number of carbonyl (C=O) groups excluding carboxylic acids is 1. The fourth-order valence-electron chi connectivity index (χ4n) is 3.17. The third kappa shape index (κ3) is 3.71. The number of carboxylic acids is 1.